The zero-order valence-corrected chi connectivity index (χ0v) is 22.3. The van der Waals surface area contributed by atoms with E-state index in [-0.39, 0.29) is 27.6 Å². The Morgan fingerprint density at radius 3 is 2.42 bits per heavy atom. The number of benzene rings is 2. The molecular weight excluding hydrogens is 500 g/mol. The van der Waals surface area contributed by atoms with E-state index < -0.39 is 15.1 Å². The van der Waals surface area contributed by atoms with Crippen molar-refractivity contribution in [3.8, 4) is 0 Å². The Balaban J connectivity index is 1.79. The number of carbonyl (C=O) groups excluding carboxylic acids is 1. The summed E-state index contributed by atoms with van der Waals surface area (Å²) in [6.07, 6.45) is 1.43. The van der Waals surface area contributed by atoms with E-state index in [9.17, 15) is 13.2 Å². The minimum atomic E-state index is -3.53. The first-order valence-corrected chi connectivity index (χ1v) is 13.6. The zero-order chi connectivity index (χ0) is 26.3. The van der Waals surface area contributed by atoms with Gasteiger partial charge in [-0.1, -0.05) is 43.6 Å². The maximum absolute atomic E-state index is 12.8. The molecule has 0 atom stereocenters. The zero-order valence-electron chi connectivity index (χ0n) is 20.7. The number of para-hydroxylation sites is 1. The molecule has 1 amide bonds. The molecule has 36 heavy (non-hydrogen) atoms. The van der Waals surface area contributed by atoms with Crippen molar-refractivity contribution in [1.82, 2.24) is 14.9 Å². The smallest absolute Gasteiger partial charge is 0.238 e. The summed E-state index contributed by atoms with van der Waals surface area (Å²) in [5, 5.41) is 8.67. The molecule has 0 bridgehead atoms. The van der Waals surface area contributed by atoms with Gasteiger partial charge in [0.2, 0.25) is 11.9 Å². The second kappa shape index (κ2) is 12.2. The van der Waals surface area contributed by atoms with Crippen LogP contribution < -0.4 is 16.0 Å². The average Bonchev–Trinajstić information content (AvgIpc) is 2.85. The molecule has 0 aliphatic heterocycles. The van der Waals surface area contributed by atoms with Gasteiger partial charge in [-0.25, -0.2) is 13.4 Å². The molecule has 11 heteroatoms. The number of anilines is 5. The van der Waals surface area contributed by atoms with E-state index in [1.165, 1.54) is 6.20 Å². The molecule has 0 radical (unpaired) electrons. The summed E-state index contributed by atoms with van der Waals surface area (Å²) in [7, 11) is -3.53. The predicted octanol–water partition coefficient (Wildman–Crippen LogP) is 5.08. The summed E-state index contributed by atoms with van der Waals surface area (Å²) in [6.45, 7) is 9.19. The molecule has 0 unspecified atom stereocenters. The molecule has 9 nitrogen and oxygen atoms in total. The van der Waals surface area contributed by atoms with Gasteiger partial charge < -0.3 is 16.0 Å². The van der Waals surface area contributed by atoms with Gasteiger partial charge in [-0.05, 0) is 57.3 Å². The molecular formula is C25H31ClN6O3S. The number of hydrogen-bond acceptors (Lipinski definition) is 8. The van der Waals surface area contributed by atoms with Crippen molar-refractivity contribution in [3.63, 3.8) is 0 Å². The normalized spacial score (nSPS) is 11.5. The van der Waals surface area contributed by atoms with Crippen LogP contribution in [0.3, 0.4) is 0 Å². The van der Waals surface area contributed by atoms with Crippen molar-refractivity contribution >= 4 is 56.2 Å². The number of hydrogen-bond donors (Lipinski definition) is 3. The van der Waals surface area contributed by atoms with Crippen LogP contribution in [0.2, 0.25) is 5.02 Å². The first-order chi connectivity index (χ1) is 17.1. The van der Waals surface area contributed by atoms with Gasteiger partial charge in [-0.2, -0.15) is 4.98 Å². The van der Waals surface area contributed by atoms with Gasteiger partial charge in [0.25, 0.3) is 0 Å². The Bertz CT molecular complexity index is 1310. The van der Waals surface area contributed by atoms with Crippen molar-refractivity contribution in [2.75, 3.05) is 35.6 Å². The van der Waals surface area contributed by atoms with Crippen LogP contribution in [-0.2, 0) is 14.6 Å². The predicted molar refractivity (Wildman–Crippen MR) is 145 cm³/mol. The first kappa shape index (κ1) is 27.4. The number of rotatable bonds is 11. The molecule has 3 rings (SSSR count). The number of aromatic nitrogens is 2. The third-order valence-electron chi connectivity index (χ3n) is 5.48. The summed E-state index contributed by atoms with van der Waals surface area (Å²) in [5.74, 6) is 0.405. The third kappa shape index (κ3) is 6.93. The van der Waals surface area contributed by atoms with Crippen molar-refractivity contribution < 1.29 is 13.2 Å². The van der Waals surface area contributed by atoms with Crippen molar-refractivity contribution in [2.45, 2.75) is 37.8 Å². The Morgan fingerprint density at radius 1 is 1.03 bits per heavy atom. The van der Waals surface area contributed by atoms with Crippen LogP contribution in [0.4, 0.5) is 28.8 Å². The molecule has 0 fully saturated rings. The second-order valence-corrected chi connectivity index (χ2v) is 11.2. The van der Waals surface area contributed by atoms with Crippen molar-refractivity contribution in [2.24, 2.45) is 0 Å². The average molecular weight is 531 g/mol. The van der Waals surface area contributed by atoms with E-state index in [0.717, 1.165) is 13.1 Å². The van der Waals surface area contributed by atoms with E-state index in [4.69, 9.17) is 11.6 Å². The molecule has 2 aromatic carbocycles. The van der Waals surface area contributed by atoms with Gasteiger partial charge in [-0.3, -0.25) is 9.69 Å². The largest absolute Gasteiger partial charge is 0.338 e. The number of nitrogens with zero attached hydrogens (tertiary/aromatic N) is 3. The summed E-state index contributed by atoms with van der Waals surface area (Å²) in [6, 6.07) is 13.8. The Kier molecular flexibility index (Phi) is 9.25. The van der Waals surface area contributed by atoms with Crippen molar-refractivity contribution in [1.29, 1.82) is 0 Å². The van der Waals surface area contributed by atoms with E-state index in [2.05, 4.69) is 25.9 Å². The van der Waals surface area contributed by atoms with Gasteiger partial charge in [0.05, 0.1) is 28.6 Å². The maximum Gasteiger partial charge on any atom is 0.238 e. The van der Waals surface area contributed by atoms with E-state index in [1.807, 2.05) is 24.8 Å². The number of nitrogens with one attached hydrogen (secondary N) is 3. The molecule has 192 valence electrons. The lowest BCUT2D eigenvalue weighted by molar-refractivity contribution is -0.117. The standard InChI is InChI=1S/C25H31ClN6O3S/c1-5-32(6-2)16-23(33)28-18-10-9-11-19(14-18)29-25-27-15-20(26)24(31-25)30-21-12-7-8-13-22(21)36(34,35)17(3)4/h7-15,17H,5-6,16H2,1-4H3,(H,28,33)(H2,27,29,30,31). The number of amides is 1. The number of halogens is 1. The molecule has 1 aromatic heterocycles. The third-order valence-corrected chi connectivity index (χ3v) is 7.96. The summed E-state index contributed by atoms with van der Waals surface area (Å²) >= 11 is 6.31. The quantitative estimate of drug-likeness (QED) is 0.314. The Labute approximate surface area is 217 Å². The van der Waals surface area contributed by atoms with Gasteiger partial charge in [0.15, 0.2) is 15.7 Å². The SMILES string of the molecule is CCN(CC)CC(=O)Nc1cccc(Nc2ncc(Cl)c(Nc3ccccc3S(=O)(=O)C(C)C)n2)c1. The highest BCUT2D eigenvalue weighted by Gasteiger charge is 2.23. The van der Waals surface area contributed by atoms with Gasteiger partial charge in [0, 0.05) is 11.4 Å². The Hall–Kier alpha value is -3.21. The fourth-order valence-corrected chi connectivity index (χ4v) is 4.71. The van der Waals surface area contributed by atoms with Crippen LogP contribution >= 0.6 is 11.6 Å². The maximum atomic E-state index is 12.8. The lowest BCUT2D eigenvalue weighted by Gasteiger charge is -2.17. The fraction of sp³-hybridized carbons (Fsp3) is 0.320. The summed E-state index contributed by atoms with van der Waals surface area (Å²) in [5.41, 5.74) is 1.67. The topological polar surface area (TPSA) is 116 Å². The number of likely N-dealkylation sites (N-methyl/N-ethyl adjacent to an activating group) is 1. The fourth-order valence-electron chi connectivity index (χ4n) is 3.37. The molecule has 3 aromatic rings. The van der Waals surface area contributed by atoms with Crippen LogP contribution in [-0.4, -0.2) is 54.1 Å². The molecule has 3 N–H and O–H groups in total. The monoisotopic (exact) mass is 530 g/mol. The molecule has 0 saturated carbocycles. The van der Waals surface area contributed by atoms with Crippen molar-refractivity contribution in [3.05, 3.63) is 59.8 Å². The lowest BCUT2D eigenvalue weighted by atomic mass is 10.2. The lowest BCUT2D eigenvalue weighted by Crippen LogP contribution is -2.32. The molecule has 1 heterocycles. The second-order valence-electron chi connectivity index (χ2n) is 8.32. The molecule has 0 spiro atoms. The van der Waals surface area contributed by atoms with Crippen LogP contribution in [0, 0.1) is 0 Å². The van der Waals surface area contributed by atoms with E-state index in [1.54, 1.807) is 56.3 Å². The van der Waals surface area contributed by atoms with Crippen LogP contribution in [0.5, 0.6) is 0 Å². The van der Waals surface area contributed by atoms with E-state index in [0.29, 0.717) is 23.6 Å². The van der Waals surface area contributed by atoms with Gasteiger partial charge in [0.1, 0.15) is 5.02 Å². The summed E-state index contributed by atoms with van der Waals surface area (Å²) < 4.78 is 25.6. The minimum Gasteiger partial charge on any atom is -0.338 e. The van der Waals surface area contributed by atoms with Crippen LogP contribution in [0.1, 0.15) is 27.7 Å². The molecule has 0 aliphatic carbocycles. The highest BCUT2D eigenvalue weighted by molar-refractivity contribution is 7.92. The minimum absolute atomic E-state index is 0.0971. The van der Waals surface area contributed by atoms with E-state index >= 15 is 0 Å². The van der Waals surface area contributed by atoms with Crippen LogP contribution in [0.25, 0.3) is 0 Å². The summed E-state index contributed by atoms with van der Waals surface area (Å²) in [4.78, 5) is 23.2. The van der Waals surface area contributed by atoms with Gasteiger partial charge in [-0.15, -0.1) is 0 Å². The Morgan fingerprint density at radius 2 is 1.72 bits per heavy atom. The first-order valence-electron chi connectivity index (χ1n) is 11.7. The molecule has 0 aliphatic rings. The highest BCUT2D eigenvalue weighted by atomic mass is 35.5. The van der Waals surface area contributed by atoms with Gasteiger partial charge >= 0.3 is 0 Å². The molecule has 0 saturated heterocycles. The number of carbonyl (C=O) groups is 1. The number of sulfone groups is 1. The highest BCUT2D eigenvalue weighted by Crippen LogP contribution is 2.30. The van der Waals surface area contributed by atoms with Crippen LogP contribution in [0.15, 0.2) is 59.6 Å².